The second kappa shape index (κ2) is 12.9. The van der Waals surface area contributed by atoms with E-state index in [4.69, 9.17) is 0 Å². The number of thiazole rings is 1. The average Bonchev–Trinajstić information content (AvgIpc) is 3.04. The Labute approximate surface area is 183 Å². The fourth-order valence-corrected chi connectivity index (χ4v) is 3.66. The molecule has 1 amide bonds. The number of hydrogen-bond donors (Lipinski definition) is 1. The van der Waals surface area contributed by atoms with Crippen molar-refractivity contribution >= 4 is 22.8 Å². The minimum atomic E-state index is -4.38. The lowest BCUT2D eigenvalue weighted by atomic mass is 10.0. The van der Waals surface area contributed by atoms with Crippen LogP contribution < -0.4 is 5.32 Å². The van der Waals surface area contributed by atoms with E-state index in [0.717, 1.165) is 18.3 Å². The summed E-state index contributed by atoms with van der Waals surface area (Å²) < 4.78 is 38.6. The number of aromatic nitrogens is 1. The van der Waals surface area contributed by atoms with Crippen molar-refractivity contribution in [1.82, 2.24) is 15.2 Å². The summed E-state index contributed by atoms with van der Waals surface area (Å²) in [4.78, 5) is 19.1. The molecule has 0 bridgehead atoms. The molecule has 4 nitrogen and oxygen atoms in total. The Balaban J connectivity index is 0.00000192. The Bertz CT molecular complexity index is 697. The third kappa shape index (κ3) is 9.00. The van der Waals surface area contributed by atoms with Gasteiger partial charge in [0.15, 0.2) is 0 Å². The Morgan fingerprint density at radius 2 is 1.67 bits per heavy atom. The highest BCUT2D eigenvalue weighted by atomic mass is 32.1. The fourth-order valence-electron chi connectivity index (χ4n) is 2.62. The standard InChI is InChI=1S/C18H28F3N3OS.C4H8/c1-10(2)24(11(3)4)9-8-22-16(25)15-14(7)23-17(26-15)12(5)13(6)18(19,20)21;1-3-4-2/h10-11,13H,5,8-9H2,1-4,6-7H3,(H,22,25);3-4H,1-2H3/b;4-3-. The molecular formula is C22H36F3N3OS. The van der Waals surface area contributed by atoms with Gasteiger partial charge in [-0.15, -0.1) is 11.3 Å². The number of hydrogen-bond acceptors (Lipinski definition) is 4. The van der Waals surface area contributed by atoms with Crippen LogP contribution in [0, 0.1) is 12.8 Å². The van der Waals surface area contributed by atoms with E-state index < -0.39 is 12.1 Å². The second-order valence-corrected chi connectivity index (χ2v) is 8.57. The Morgan fingerprint density at radius 1 is 1.17 bits per heavy atom. The molecule has 30 heavy (non-hydrogen) atoms. The van der Waals surface area contributed by atoms with Crippen LogP contribution in [-0.2, 0) is 0 Å². The predicted molar refractivity (Wildman–Crippen MR) is 121 cm³/mol. The van der Waals surface area contributed by atoms with Gasteiger partial charge in [0.25, 0.3) is 5.91 Å². The molecule has 1 unspecified atom stereocenters. The van der Waals surface area contributed by atoms with Gasteiger partial charge >= 0.3 is 6.18 Å². The zero-order chi connectivity index (χ0) is 23.6. The van der Waals surface area contributed by atoms with Crippen molar-refractivity contribution in [3.05, 3.63) is 34.3 Å². The van der Waals surface area contributed by atoms with Gasteiger partial charge in [-0.3, -0.25) is 9.69 Å². The number of rotatable bonds is 8. The highest BCUT2D eigenvalue weighted by Gasteiger charge is 2.39. The molecule has 0 saturated carbocycles. The topological polar surface area (TPSA) is 45.2 Å². The zero-order valence-corrected chi connectivity index (χ0v) is 20.2. The normalized spacial score (nSPS) is 13.0. The third-order valence-electron chi connectivity index (χ3n) is 4.61. The first-order chi connectivity index (χ1) is 13.8. The molecule has 1 aromatic rings. The van der Waals surface area contributed by atoms with Gasteiger partial charge in [0.05, 0.1) is 11.6 Å². The maximum absolute atomic E-state index is 12.9. The molecule has 0 saturated heterocycles. The van der Waals surface area contributed by atoms with E-state index in [9.17, 15) is 18.0 Å². The van der Waals surface area contributed by atoms with Gasteiger partial charge in [0.1, 0.15) is 9.88 Å². The number of nitrogens with one attached hydrogen (secondary N) is 1. The van der Waals surface area contributed by atoms with E-state index in [1.807, 2.05) is 26.0 Å². The summed E-state index contributed by atoms with van der Waals surface area (Å²) in [6.07, 6.45) is -0.379. The van der Waals surface area contributed by atoms with Crippen LogP contribution >= 0.6 is 11.3 Å². The lowest BCUT2D eigenvalue weighted by Crippen LogP contribution is -2.42. The van der Waals surface area contributed by atoms with Crippen LogP contribution in [0.3, 0.4) is 0 Å². The summed E-state index contributed by atoms with van der Waals surface area (Å²) in [6, 6.07) is 0.714. The van der Waals surface area contributed by atoms with Crippen molar-refractivity contribution in [1.29, 1.82) is 0 Å². The SMILES string of the molecule is C/C=C\C.C=C(c1nc(C)c(C(=O)NCCN(C(C)C)C(C)C)s1)C(C)C(F)(F)F. The fraction of sp³-hybridized carbons (Fsp3) is 0.636. The number of carbonyl (C=O) groups is 1. The van der Waals surface area contributed by atoms with Crippen molar-refractivity contribution < 1.29 is 18.0 Å². The first kappa shape index (κ1) is 28.3. The minimum absolute atomic E-state index is 0.115. The maximum atomic E-state index is 12.9. The van der Waals surface area contributed by atoms with E-state index in [1.165, 1.54) is 0 Å². The summed E-state index contributed by atoms with van der Waals surface area (Å²) in [5.74, 6) is -2.01. The third-order valence-corrected chi connectivity index (χ3v) is 5.84. The smallest absolute Gasteiger partial charge is 0.350 e. The molecule has 1 aromatic heterocycles. The first-order valence-electron chi connectivity index (χ1n) is 10.1. The lowest BCUT2D eigenvalue weighted by molar-refractivity contribution is -0.153. The van der Waals surface area contributed by atoms with Gasteiger partial charge in [-0.1, -0.05) is 18.7 Å². The van der Waals surface area contributed by atoms with E-state index in [2.05, 4.69) is 49.5 Å². The van der Waals surface area contributed by atoms with Gasteiger partial charge in [-0.05, 0) is 61.0 Å². The van der Waals surface area contributed by atoms with Crippen LogP contribution in [0.2, 0.25) is 0 Å². The van der Waals surface area contributed by atoms with E-state index in [1.54, 1.807) is 6.92 Å². The number of allylic oxidation sites excluding steroid dienone is 3. The van der Waals surface area contributed by atoms with Gasteiger partial charge in [-0.2, -0.15) is 13.2 Å². The Morgan fingerprint density at radius 3 is 2.07 bits per heavy atom. The van der Waals surface area contributed by atoms with Crippen molar-refractivity contribution in [2.45, 2.75) is 73.6 Å². The van der Waals surface area contributed by atoms with Crippen molar-refractivity contribution in [3.8, 4) is 0 Å². The average molecular weight is 448 g/mol. The van der Waals surface area contributed by atoms with Crippen LogP contribution in [0.15, 0.2) is 18.7 Å². The summed E-state index contributed by atoms with van der Waals surface area (Å²) in [6.45, 7) is 19.7. The summed E-state index contributed by atoms with van der Waals surface area (Å²) in [5.41, 5.74) is 0.304. The largest absolute Gasteiger partial charge is 0.395 e. The molecule has 1 atom stereocenters. The number of carbonyl (C=O) groups excluding carboxylic acids is 1. The number of aryl methyl sites for hydroxylation is 1. The van der Waals surface area contributed by atoms with Crippen molar-refractivity contribution in [2.24, 2.45) is 5.92 Å². The first-order valence-corrected chi connectivity index (χ1v) is 10.9. The molecule has 0 aliphatic carbocycles. The highest BCUT2D eigenvalue weighted by molar-refractivity contribution is 7.14. The predicted octanol–water partition coefficient (Wildman–Crippen LogP) is 6.09. The van der Waals surface area contributed by atoms with Crippen LogP contribution in [0.5, 0.6) is 0 Å². The van der Waals surface area contributed by atoms with Crippen molar-refractivity contribution in [2.75, 3.05) is 13.1 Å². The minimum Gasteiger partial charge on any atom is -0.350 e. The zero-order valence-electron chi connectivity index (χ0n) is 19.4. The van der Waals surface area contributed by atoms with Gasteiger partial charge in [-0.25, -0.2) is 4.98 Å². The molecule has 0 spiro atoms. The molecule has 0 radical (unpaired) electrons. The summed E-state index contributed by atoms with van der Waals surface area (Å²) >= 11 is 0.955. The highest BCUT2D eigenvalue weighted by Crippen LogP contribution is 2.37. The number of halogens is 3. The van der Waals surface area contributed by atoms with E-state index in [0.29, 0.717) is 35.7 Å². The summed E-state index contributed by atoms with van der Waals surface area (Å²) in [5, 5.41) is 2.99. The number of alkyl halides is 3. The molecule has 172 valence electrons. The van der Waals surface area contributed by atoms with Gasteiger partial charge in [0, 0.05) is 25.2 Å². The maximum Gasteiger partial charge on any atom is 0.395 e. The molecule has 8 heteroatoms. The summed E-state index contributed by atoms with van der Waals surface area (Å²) in [7, 11) is 0. The molecule has 0 fully saturated rings. The second-order valence-electron chi connectivity index (χ2n) is 7.57. The molecular weight excluding hydrogens is 411 g/mol. The van der Waals surface area contributed by atoms with E-state index >= 15 is 0 Å². The quantitative estimate of drug-likeness (QED) is 0.490. The lowest BCUT2D eigenvalue weighted by Gasteiger charge is -2.30. The molecule has 1 rings (SSSR count). The van der Waals surface area contributed by atoms with Gasteiger partial charge < -0.3 is 5.32 Å². The molecule has 1 heterocycles. The van der Waals surface area contributed by atoms with Crippen LogP contribution in [0.4, 0.5) is 13.2 Å². The Hall–Kier alpha value is -1.67. The van der Waals surface area contributed by atoms with Crippen LogP contribution in [0.1, 0.15) is 68.8 Å². The molecule has 1 N–H and O–H groups in total. The van der Waals surface area contributed by atoms with E-state index in [-0.39, 0.29) is 16.5 Å². The number of amides is 1. The van der Waals surface area contributed by atoms with Crippen LogP contribution in [-0.4, -0.2) is 47.1 Å². The monoisotopic (exact) mass is 447 g/mol. The molecule has 0 aromatic carbocycles. The van der Waals surface area contributed by atoms with Gasteiger partial charge in [0.2, 0.25) is 0 Å². The molecule has 0 aliphatic rings. The van der Waals surface area contributed by atoms with Crippen LogP contribution in [0.25, 0.3) is 5.57 Å². The van der Waals surface area contributed by atoms with Crippen molar-refractivity contribution in [3.63, 3.8) is 0 Å². The Kier molecular flexibility index (Phi) is 12.2. The molecule has 0 aliphatic heterocycles. The number of nitrogens with zero attached hydrogens (tertiary/aromatic N) is 2.